The van der Waals surface area contributed by atoms with Crippen LogP contribution in [-0.4, -0.2) is 19.3 Å². The van der Waals surface area contributed by atoms with Gasteiger partial charge in [-0.05, 0) is 25.8 Å². The predicted molar refractivity (Wildman–Crippen MR) is 36.2 cm³/mol. The van der Waals surface area contributed by atoms with Gasteiger partial charge in [0.2, 0.25) is 0 Å². The number of alkyl halides is 1. The lowest BCUT2D eigenvalue weighted by molar-refractivity contribution is 0.330. The Morgan fingerprint density at radius 2 is 2.22 bits per heavy atom. The topological polar surface area (TPSA) is 12.0 Å². The van der Waals surface area contributed by atoms with Crippen LogP contribution >= 0.6 is 0 Å². The second kappa shape index (κ2) is 3.83. The zero-order valence-electron chi connectivity index (χ0n) is 5.70. The van der Waals surface area contributed by atoms with Gasteiger partial charge >= 0.3 is 0 Å². The van der Waals surface area contributed by atoms with Crippen LogP contribution < -0.4 is 5.32 Å². The molecule has 54 valence electrons. The second-order valence-corrected chi connectivity index (χ2v) is 2.62. The molecule has 0 bridgehead atoms. The molecule has 9 heavy (non-hydrogen) atoms. The fourth-order valence-corrected chi connectivity index (χ4v) is 0.985. The Morgan fingerprint density at radius 1 is 1.44 bits per heavy atom. The normalized spacial score (nSPS) is 19.7. The number of rotatable bonds is 4. The third-order valence-corrected chi connectivity index (χ3v) is 1.85. The lowest BCUT2D eigenvalue weighted by atomic mass is 9.93. The van der Waals surface area contributed by atoms with Crippen molar-refractivity contribution < 1.29 is 4.39 Å². The summed E-state index contributed by atoms with van der Waals surface area (Å²) in [7, 11) is 0. The molecule has 0 aromatic rings. The molecule has 0 spiro atoms. The summed E-state index contributed by atoms with van der Waals surface area (Å²) in [6.07, 6.45) is 4.63. The fourth-order valence-electron chi connectivity index (χ4n) is 0.985. The van der Waals surface area contributed by atoms with Crippen LogP contribution in [0.1, 0.15) is 25.7 Å². The Bertz CT molecular complexity index is 71.3. The predicted octanol–water partition coefficient (Wildman–Crippen LogP) is 1.49. The van der Waals surface area contributed by atoms with Gasteiger partial charge in [0.1, 0.15) is 0 Å². The van der Waals surface area contributed by atoms with Crippen LogP contribution in [0.4, 0.5) is 4.39 Å². The largest absolute Gasteiger partial charge is 0.314 e. The molecule has 1 aliphatic rings. The Kier molecular flexibility index (Phi) is 2.98. The minimum absolute atomic E-state index is 0.181. The number of hydrogen-bond acceptors (Lipinski definition) is 1. The van der Waals surface area contributed by atoms with Gasteiger partial charge in [-0.2, -0.15) is 0 Å². The van der Waals surface area contributed by atoms with Crippen molar-refractivity contribution in [3.63, 3.8) is 0 Å². The first-order valence-electron chi connectivity index (χ1n) is 3.73. The van der Waals surface area contributed by atoms with Gasteiger partial charge in [0.25, 0.3) is 0 Å². The molecule has 1 aliphatic carbocycles. The summed E-state index contributed by atoms with van der Waals surface area (Å²) in [5.74, 6) is 0. The summed E-state index contributed by atoms with van der Waals surface area (Å²) in [6, 6.07) is 0.719. The maximum absolute atomic E-state index is 11.5. The molecule has 0 atom stereocenters. The highest BCUT2D eigenvalue weighted by molar-refractivity contribution is 4.75. The molecule has 0 radical (unpaired) electrons. The highest BCUT2D eigenvalue weighted by atomic mass is 19.1. The highest BCUT2D eigenvalue weighted by Gasteiger charge is 2.15. The summed E-state index contributed by atoms with van der Waals surface area (Å²) in [4.78, 5) is 0. The van der Waals surface area contributed by atoms with Gasteiger partial charge in [0, 0.05) is 6.04 Å². The molecule has 2 heteroatoms. The van der Waals surface area contributed by atoms with E-state index >= 15 is 0 Å². The molecule has 0 amide bonds. The molecule has 0 aromatic carbocycles. The first kappa shape index (κ1) is 7.00. The second-order valence-electron chi connectivity index (χ2n) is 2.62. The van der Waals surface area contributed by atoms with Gasteiger partial charge in [-0.15, -0.1) is 0 Å². The quantitative estimate of drug-likeness (QED) is 0.570. The highest BCUT2D eigenvalue weighted by Crippen LogP contribution is 2.17. The zero-order chi connectivity index (χ0) is 6.53. The van der Waals surface area contributed by atoms with Crippen molar-refractivity contribution in [1.82, 2.24) is 5.32 Å². The lowest BCUT2D eigenvalue weighted by Crippen LogP contribution is -2.35. The fraction of sp³-hybridized carbons (Fsp3) is 1.00. The molecule has 0 heterocycles. The van der Waals surface area contributed by atoms with E-state index in [0.29, 0.717) is 6.42 Å². The third kappa shape index (κ3) is 2.31. The number of hydrogen-bond donors (Lipinski definition) is 1. The van der Waals surface area contributed by atoms with Crippen molar-refractivity contribution in [2.24, 2.45) is 0 Å². The Hall–Kier alpha value is -0.110. The Labute approximate surface area is 55.6 Å². The first-order valence-corrected chi connectivity index (χ1v) is 3.73. The first-order chi connectivity index (χ1) is 4.43. The standard InChI is InChI=1S/C7H14FN/c8-5-2-6-9-7-3-1-4-7/h7,9H,1-6H2. The van der Waals surface area contributed by atoms with E-state index in [1.165, 1.54) is 19.3 Å². The van der Waals surface area contributed by atoms with Crippen molar-refractivity contribution >= 4 is 0 Å². The molecular formula is C7H14FN. The molecule has 1 nitrogen and oxygen atoms in total. The average Bonchev–Trinajstić information content (AvgIpc) is 1.76. The van der Waals surface area contributed by atoms with E-state index in [9.17, 15) is 4.39 Å². The van der Waals surface area contributed by atoms with Crippen LogP contribution in [0.5, 0.6) is 0 Å². The van der Waals surface area contributed by atoms with Crippen molar-refractivity contribution in [2.45, 2.75) is 31.7 Å². The minimum Gasteiger partial charge on any atom is -0.314 e. The molecule has 0 unspecified atom stereocenters. The van der Waals surface area contributed by atoms with Crippen LogP contribution in [0.2, 0.25) is 0 Å². The third-order valence-electron chi connectivity index (χ3n) is 1.85. The molecule has 0 aliphatic heterocycles. The number of halogens is 1. The minimum atomic E-state index is -0.181. The van der Waals surface area contributed by atoms with E-state index in [2.05, 4.69) is 5.32 Å². The van der Waals surface area contributed by atoms with Crippen molar-refractivity contribution in [2.75, 3.05) is 13.2 Å². The van der Waals surface area contributed by atoms with Gasteiger partial charge in [0.05, 0.1) is 6.67 Å². The van der Waals surface area contributed by atoms with Crippen molar-refractivity contribution in [3.05, 3.63) is 0 Å². The van der Waals surface area contributed by atoms with E-state index < -0.39 is 0 Å². The SMILES string of the molecule is FCCCNC1CCC1. The van der Waals surface area contributed by atoms with Crippen LogP contribution in [0, 0.1) is 0 Å². The number of nitrogens with one attached hydrogen (secondary N) is 1. The molecule has 1 N–H and O–H groups in total. The van der Waals surface area contributed by atoms with Gasteiger partial charge in [-0.3, -0.25) is 4.39 Å². The van der Waals surface area contributed by atoms with E-state index in [0.717, 1.165) is 12.6 Å². The Balaban J connectivity index is 1.80. The zero-order valence-corrected chi connectivity index (χ0v) is 5.70. The van der Waals surface area contributed by atoms with Crippen molar-refractivity contribution in [3.8, 4) is 0 Å². The molecule has 1 rings (SSSR count). The van der Waals surface area contributed by atoms with E-state index in [1.54, 1.807) is 0 Å². The maximum atomic E-state index is 11.5. The van der Waals surface area contributed by atoms with Crippen LogP contribution in [-0.2, 0) is 0 Å². The molecule has 1 saturated carbocycles. The van der Waals surface area contributed by atoms with Gasteiger partial charge in [0.15, 0.2) is 0 Å². The molecule has 1 fully saturated rings. The van der Waals surface area contributed by atoms with Crippen LogP contribution in [0.25, 0.3) is 0 Å². The molecule has 0 saturated heterocycles. The summed E-state index contributed by atoms with van der Waals surface area (Å²) < 4.78 is 11.5. The smallest absolute Gasteiger partial charge is 0.0906 e. The monoisotopic (exact) mass is 131 g/mol. The van der Waals surface area contributed by atoms with Gasteiger partial charge in [-0.25, -0.2) is 0 Å². The van der Waals surface area contributed by atoms with Gasteiger partial charge in [-0.1, -0.05) is 6.42 Å². The molecular weight excluding hydrogens is 117 g/mol. The lowest BCUT2D eigenvalue weighted by Gasteiger charge is -2.26. The van der Waals surface area contributed by atoms with Crippen LogP contribution in [0.3, 0.4) is 0 Å². The van der Waals surface area contributed by atoms with Crippen molar-refractivity contribution in [1.29, 1.82) is 0 Å². The van der Waals surface area contributed by atoms with E-state index in [4.69, 9.17) is 0 Å². The Morgan fingerprint density at radius 3 is 2.67 bits per heavy atom. The summed E-state index contributed by atoms with van der Waals surface area (Å²) >= 11 is 0. The summed E-state index contributed by atoms with van der Waals surface area (Å²) in [5.41, 5.74) is 0. The summed E-state index contributed by atoms with van der Waals surface area (Å²) in [6.45, 7) is 0.681. The maximum Gasteiger partial charge on any atom is 0.0906 e. The van der Waals surface area contributed by atoms with E-state index in [-0.39, 0.29) is 6.67 Å². The van der Waals surface area contributed by atoms with Gasteiger partial charge < -0.3 is 5.32 Å². The average molecular weight is 131 g/mol. The van der Waals surface area contributed by atoms with Crippen LogP contribution in [0.15, 0.2) is 0 Å². The molecule has 0 aromatic heterocycles. The summed E-state index contributed by atoms with van der Waals surface area (Å²) in [5, 5.41) is 3.28. The van der Waals surface area contributed by atoms with E-state index in [1.807, 2.05) is 0 Å².